The van der Waals surface area contributed by atoms with Gasteiger partial charge >= 0.3 is 0 Å². The Labute approximate surface area is 303 Å². The monoisotopic (exact) mass is 704 g/mol. The highest BCUT2D eigenvalue weighted by Gasteiger charge is 2.57. The van der Waals surface area contributed by atoms with Crippen LogP contribution >= 0.6 is 0 Å². The Balaban J connectivity index is 1.41. The molecule has 3 heterocycles. The van der Waals surface area contributed by atoms with E-state index < -0.39 is 24.2 Å². The van der Waals surface area contributed by atoms with E-state index in [4.69, 9.17) is 18.9 Å². The van der Waals surface area contributed by atoms with Gasteiger partial charge in [0.2, 0.25) is 0 Å². The Bertz CT molecular complexity index is 2100. The number of hydrogen-bond donors (Lipinski definition) is 3. The van der Waals surface area contributed by atoms with Gasteiger partial charge in [0.1, 0.15) is 17.5 Å². The van der Waals surface area contributed by atoms with Crippen LogP contribution in [0.3, 0.4) is 0 Å². The quantitative estimate of drug-likeness (QED) is 0.212. The molecular formula is C41H44N4O7. The number of carbonyl (C=O) groups excluding carboxylic acids is 1. The average Bonchev–Trinajstić information content (AvgIpc) is 3.15. The smallest absolute Gasteiger partial charge is 0.251 e. The van der Waals surface area contributed by atoms with E-state index in [0.29, 0.717) is 57.9 Å². The highest BCUT2D eigenvalue weighted by atomic mass is 16.5. The summed E-state index contributed by atoms with van der Waals surface area (Å²) >= 11 is 0. The number of amides is 1. The molecule has 0 aliphatic carbocycles. The van der Waals surface area contributed by atoms with Crippen molar-refractivity contribution in [3.63, 3.8) is 0 Å². The number of hydrogen-bond acceptors (Lipinski definition) is 10. The zero-order valence-corrected chi connectivity index (χ0v) is 30.5. The van der Waals surface area contributed by atoms with E-state index in [1.165, 1.54) is 14.2 Å². The zero-order chi connectivity index (χ0) is 37.0. The van der Waals surface area contributed by atoms with Crippen LogP contribution in [0.4, 0.5) is 0 Å². The van der Waals surface area contributed by atoms with Crippen LogP contribution in [0.2, 0.25) is 0 Å². The summed E-state index contributed by atoms with van der Waals surface area (Å²) in [4.78, 5) is 18.4. The number of phenols is 2. The molecule has 0 unspecified atom stereocenters. The number of piperazine rings is 1. The Morgan fingerprint density at radius 3 is 1.94 bits per heavy atom. The van der Waals surface area contributed by atoms with Crippen LogP contribution in [0.25, 0.3) is 11.1 Å². The molecule has 11 heteroatoms. The fourth-order valence-electron chi connectivity index (χ4n) is 9.25. The number of methoxy groups -OCH3 is 4. The normalized spacial score (nSPS) is 21.9. The van der Waals surface area contributed by atoms with Gasteiger partial charge in [0.15, 0.2) is 23.0 Å². The van der Waals surface area contributed by atoms with Gasteiger partial charge < -0.3 is 34.5 Å². The lowest BCUT2D eigenvalue weighted by Gasteiger charge is -2.60. The first-order valence-corrected chi connectivity index (χ1v) is 17.4. The van der Waals surface area contributed by atoms with E-state index in [1.54, 1.807) is 20.3 Å². The molecule has 1 amide bonds. The van der Waals surface area contributed by atoms with Crippen molar-refractivity contribution in [1.82, 2.24) is 15.1 Å². The molecule has 4 aromatic carbocycles. The number of ether oxygens (including phenoxy) is 4. The first kappa shape index (κ1) is 35.0. The third-order valence-electron chi connectivity index (χ3n) is 11.4. The highest BCUT2D eigenvalue weighted by Crippen LogP contribution is 2.58. The summed E-state index contributed by atoms with van der Waals surface area (Å²) in [5.74, 6) is 1.50. The second-order valence-electron chi connectivity index (χ2n) is 13.7. The van der Waals surface area contributed by atoms with Gasteiger partial charge in [-0.3, -0.25) is 14.6 Å². The van der Waals surface area contributed by atoms with E-state index in [9.17, 15) is 20.3 Å². The van der Waals surface area contributed by atoms with Gasteiger partial charge in [0, 0.05) is 57.6 Å². The summed E-state index contributed by atoms with van der Waals surface area (Å²) in [6.45, 7) is 3.76. The molecule has 3 N–H and O–H groups in total. The fraction of sp³-hybridized carbons (Fsp3) is 0.366. The molecule has 0 saturated carbocycles. The molecule has 270 valence electrons. The SMILES string of the molecule is COc1c(C)c(OC)c2c(c1O)[C@@H]1[C@@H]3Cc4c(OC)c(C)c(OC)c(O)c4[C@H](CNC(=O)c4ccccc4-c4ccccc4)N3[C@@H](C#N)[C@H](C2)N1C. The third kappa shape index (κ3) is 5.12. The average molecular weight is 705 g/mol. The molecule has 1 saturated heterocycles. The van der Waals surface area contributed by atoms with Crippen LogP contribution in [0.5, 0.6) is 34.5 Å². The molecule has 52 heavy (non-hydrogen) atoms. The van der Waals surface area contributed by atoms with Crippen molar-refractivity contribution in [2.24, 2.45) is 0 Å². The topological polar surface area (TPSA) is 137 Å². The maximum Gasteiger partial charge on any atom is 0.251 e. The number of rotatable bonds is 8. The van der Waals surface area contributed by atoms with Crippen LogP contribution in [0.15, 0.2) is 54.6 Å². The molecule has 3 aliphatic heterocycles. The molecule has 11 nitrogen and oxygen atoms in total. The lowest BCUT2D eigenvalue weighted by atomic mass is 9.71. The predicted octanol–water partition coefficient (Wildman–Crippen LogP) is 5.62. The number of benzene rings is 4. The Morgan fingerprint density at radius 2 is 1.35 bits per heavy atom. The van der Waals surface area contributed by atoms with Gasteiger partial charge in [0.25, 0.3) is 5.91 Å². The largest absolute Gasteiger partial charge is 0.504 e. The Kier molecular flexibility index (Phi) is 9.15. The van der Waals surface area contributed by atoms with Crippen LogP contribution in [0.1, 0.15) is 55.8 Å². The van der Waals surface area contributed by atoms with Crippen molar-refractivity contribution in [2.75, 3.05) is 42.0 Å². The molecule has 5 atom stereocenters. The van der Waals surface area contributed by atoms with Crippen molar-refractivity contribution < 1.29 is 34.0 Å². The van der Waals surface area contributed by atoms with E-state index in [2.05, 4.69) is 21.2 Å². The lowest BCUT2D eigenvalue weighted by Crippen LogP contribution is -2.68. The van der Waals surface area contributed by atoms with Gasteiger partial charge in [-0.15, -0.1) is 0 Å². The molecule has 0 aromatic heterocycles. The summed E-state index contributed by atoms with van der Waals surface area (Å²) in [6, 6.07) is 17.3. The first-order chi connectivity index (χ1) is 25.1. The van der Waals surface area contributed by atoms with Crippen molar-refractivity contribution in [2.45, 2.75) is 56.9 Å². The molecule has 0 spiro atoms. The second-order valence-corrected chi connectivity index (χ2v) is 13.7. The van der Waals surface area contributed by atoms with E-state index in [-0.39, 0.29) is 35.7 Å². The van der Waals surface area contributed by atoms with Crippen molar-refractivity contribution >= 4 is 5.91 Å². The van der Waals surface area contributed by atoms with Crippen LogP contribution in [0, 0.1) is 25.2 Å². The number of nitrogens with one attached hydrogen (secondary N) is 1. The summed E-state index contributed by atoms with van der Waals surface area (Å²) < 4.78 is 23.4. The van der Waals surface area contributed by atoms with Crippen LogP contribution in [-0.4, -0.2) is 86.1 Å². The molecule has 3 aliphatic rings. The predicted molar refractivity (Wildman–Crippen MR) is 196 cm³/mol. The fourth-order valence-corrected chi connectivity index (χ4v) is 9.25. The number of phenolic OH excluding ortho intramolecular Hbond substituents is 2. The lowest BCUT2D eigenvalue weighted by molar-refractivity contribution is -0.0724. The number of nitrogens with zero attached hydrogens (tertiary/aromatic N) is 3. The molecule has 7 rings (SSSR count). The van der Waals surface area contributed by atoms with Crippen molar-refractivity contribution in [3.05, 3.63) is 93.5 Å². The molecular weight excluding hydrogens is 660 g/mol. The summed E-state index contributed by atoms with van der Waals surface area (Å²) in [5, 5.41) is 38.0. The molecule has 0 radical (unpaired) electrons. The van der Waals surface area contributed by atoms with Crippen molar-refractivity contribution in [3.8, 4) is 51.7 Å². The Morgan fingerprint density at radius 1 is 0.808 bits per heavy atom. The van der Waals surface area contributed by atoms with Gasteiger partial charge in [-0.2, -0.15) is 5.26 Å². The third-order valence-corrected chi connectivity index (χ3v) is 11.4. The maximum absolute atomic E-state index is 14.1. The van der Waals surface area contributed by atoms with Crippen molar-refractivity contribution in [1.29, 1.82) is 5.26 Å². The van der Waals surface area contributed by atoms with Gasteiger partial charge in [0.05, 0.1) is 46.6 Å². The van der Waals surface area contributed by atoms with Crippen LogP contribution < -0.4 is 24.3 Å². The van der Waals surface area contributed by atoms with Gasteiger partial charge in [-0.05, 0) is 50.9 Å². The number of likely N-dealkylation sites (N-methyl/N-ethyl adjacent to an activating group) is 1. The minimum atomic E-state index is -0.675. The van der Waals surface area contributed by atoms with Gasteiger partial charge in [-0.1, -0.05) is 48.5 Å². The number of fused-ring (bicyclic) bond motifs is 7. The number of carbonyl (C=O) groups is 1. The summed E-state index contributed by atoms with van der Waals surface area (Å²) in [7, 11) is 8.20. The highest BCUT2D eigenvalue weighted by molar-refractivity contribution is 6.00. The van der Waals surface area contributed by atoms with Crippen LogP contribution in [-0.2, 0) is 12.8 Å². The number of nitriles is 1. The minimum absolute atomic E-state index is 0.0374. The standard InChI is InChI=1S/C41H44N4O7/c1-21-37(49-4)26-18-29-34-33-27(38(50-5)22(2)40(52-7)36(33)47)17-28(44(34)3)30(19-42)45(29)31(32(26)35(46)39(21)51-6)20-43-41(48)25-16-12-11-15-24(25)23-13-9-8-10-14-23/h8-16,28-31,34,46-47H,17-18,20H2,1-7H3,(H,43,48)/t28-,29-,30-,31-,34-/m0/s1. The summed E-state index contributed by atoms with van der Waals surface area (Å²) in [5.41, 5.74) is 6.36. The molecule has 4 aromatic rings. The molecule has 1 fully saturated rings. The van der Waals surface area contributed by atoms with E-state index >= 15 is 0 Å². The second kappa shape index (κ2) is 13.6. The summed E-state index contributed by atoms with van der Waals surface area (Å²) in [6.07, 6.45) is 0.795. The van der Waals surface area contributed by atoms with Gasteiger partial charge in [-0.25, -0.2) is 0 Å². The first-order valence-electron chi connectivity index (χ1n) is 17.4. The maximum atomic E-state index is 14.1. The van der Waals surface area contributed by atoms with E-state index in [0.717, 1.165) is 22.3 Å². The van der Waals surface area contributed by atoms with E-state index in [1.807, 2.05) is 69.4 Å². The number of aromatic hydroxyl groups is 2. The Hall–Kier alpha value is -5.44. The minimum Gasteiger partial charge on any atom is -0.504 e. The zero-order valence-electron chi connectivity index (χ0n) is 30.5. The molecule has 2 bridgehead atoms.